The molecule has 2 aromatic carbocycles. The van der Waals surface area contributed by atoms with Crippen LogP contribution in [0.3, 0.4) is 0 Å². The Labute approximate surface area is 83.2 Å². The minimum Gasteiger partial charge on any atom is -0.398 e. The molecule has 3 rings (SSSR count). The summed E-state index contributed by atoms with van der Waals surface area (Å²) in [6.45, 7) is 0. The van der Waals surface area contributed by atoms with Crippen LogP contribution >= 0.6 is 0 Å². The lowest BCUT2D eigenvalue weighted by molar-refractivity contribution is 1.54. The van der Waals surface area contributed by atoms with Crippen LogP contribution in [0.15, 0.2) is 42.5 Å². The number of nitrogen functional groups attached to an aromatic ring is 1. The maximum Gasteiger partial charge on any atom is 0.0515 e. The normalized spacial score (nSPS) is 12.3. The van der Waals surface area contributed by atoms with Crippen LogP contribution in [-0.2, 0) is 0 Å². The Morgan fingerprint density at radius 1 is 0.857 bits per heavy atom. The molecule has 0 spiro atoms. The second kappa shape index (κ2) is 2.61. The van der Waals surface area contributed by atoms with Gasteiger partial charge in [-0.15, -0.1) is 0 Å². The second-order valence-corrected chi connectivity index (χ2v) is 3.44. The first kappa shape index (κ1) is 7.63. The largest absolute Gasteiger partial charge is 0.398 e. The van der Waals surface area contributed by atoms with Gasteiger partial charge in [-0.2, -0.15) is 0 Å². The van der Waals surface area contributed by atoms with Crippen LogP contribution in [0.25, 0.3) is 11.1 Å². The van der Waals surface area contributed by atoms with Gasteiger partial charge in [-0.1, -0.05) is 36.4 Å². The van der Waals surface area contributed by atoms with Gasteiger partial charge < -0.3 is 5.73 Å². The zero-order valence-corrected chi connectivity index (χ0v) is 7.62. The molecule has 2 radical (unpaired) electrons. The molecule has 0 heterocycles. The molecule has 0 aromatic heterocycles. The van der Waals surface area contributed by atoms with Gasteiger partial charge >= 0.3 is 0 Å². The van der Waals surface area contributed by atoms with Crippen molar-refractivity contribution >= 4 is 5.69 Å². The monoisotopic (exact) mass is 179 g/mol. The van der Waals surface area contributed by atoms with Gasteiger partial charge in [-0.3, -0.25) is 0 Å². The third-order valence-electron chi connectivity index (χ3n) is 2.56. The molecule has 0 aliphatic heterocycles. The first-order valence-electron chi connectivity index (χ1n) is 4.61. The summed E-state index contributed by atoms with van der Waals surface area (Å²) in [6.07, 6.45) is 3.34. The Morgan fingerprint density at radius 3 is 2.57 bits per heavy atom. The highest BCUT2D eigenvalue weighted by molar-refractivity contribution is 5.88. The van der Waals surface area contributed by atoms with E-state index >= 15 is 0 Å². The highest BCUT2D eigenvalue weighted by atomic mass is 14.6. The summed E-state index contributed by atoms with van der Waals surface area (Å²) in [4.78, 5) is 0. The van der Waals surface area contributed by atoms with E-state index < -0.39 is 0 Å². The van der Waals surface area contributed by atoms with E-state index in [0.717, 1.165) is 22.4 Å². The SMILES string of the molecule is Nc1cccc2c1-c1ccccc1[C]2. The van der Waals surface area contributed by atoms with Gasteiger partial charge in [0.1, 0.15) is 0 Å². The maximum atomic E-state index is 5.95. The van der Waals surface area contributed by atoms with Gasteiger partial charge in [0.05, 0.1) is 6.42 Å². The first-order valence-corrected chi connectivity index (χ1v) is 4.61. The summed E-state index contributed by atoms with van der Waals surface area (Å²) in [5.74, 6) is 0. The summed E-state index contributed by atoms with van der Waals surface area (Å²) in [6, 6.07) is 14.1. The lowest BCUT2D eigenvalue weighted by Gasteiger charge is -2.03. The smallest absolute Gasteiger partial charge is 0.0515 e. The third kappa shape index (κ3) is 0.896. The van der Waals surface area contributed by atoms with E-state index in [0.29, 0.717) is 0 Å². The molecule has 1 heteroatoms. The van der Waals surface area contributed by atoms with E-state index in [9.17, 15) is 0 Å². The fourth-order valence-electron chi connectivity index (χ4n) is 1.93. The Hall–Kier alpha value is -1.76. The minimum atomic E-state index is 0.833. The van der Waals surface area contributed by atoms with E-state index in [2.05, 4.69) is 18.6 Å². The van der Waals surface area contributed by atoms with Gasteiger partial charge in [-0.05, 0) is 22.8 Å². The molecule has 0 amide bonds. The van der Waals surface area contributed by atoms with Gasteiger partial charge in [0.2, 0.25) is 0 Å². The molecule has 0 bridgehead atoms. The molecule has 1 aliphatic carbocycles. The molecule has 66 valence electrons. The standard InChI is InChI=1S/C13H9N/c14-12-7-3-5-10-8-9-4-1-2-6-11(9)13(10)12/h1-7H,14H2. The minimum absolute atomic E-state index is 0.833. The lowest BCUT2D eigenvalue weighted by atomic mass is 10.0. The molecular weight excluding hydrogens is 170 g/mol. The molecule has 2 N–H and O–H groups in total. The highest BCUT2D eigenvalue weighted by Crippen LogP contribution is 2.40. The van der Waals surface area contributed by atoms with Crippen molar-refractivity contribution < 1.29 is 0 Å². The quantitative estimate of drug-likeness (QED) is 0.527. The Kier molecular flexibility index (Phi) is 1.42. The molecule has 14 heavy (non-hydrogen) atoms. The average Bonchev–Trinajstić information content (AvgIpc) is 2.57. The molecule has 0 atom stereocenters. The predicted molar refractivity (Wildman–Crippen MR) is 57.7 cm³/mol. The number of fused-ring (bicyclic) bond motifs is 3. The summed E-state index contributed by atoms with van der Waals surface area (Å²) >= 11 is 0. The zero-order valence-electron chi connectivity index (χ0n) is 7.62. The molecular formula is C13H9N. The molecule has 1 nitrogen and oxygen atoms in total. The van der Waals surface area contributed by atoms with Crippen molar-refractivity contribution in [1.29, 1.82) is 0 Å². The number of nitrogens with two attached hydrogens (primary N) is 1. The number of hydrogen-bond donors (Lipinski definition) is 1. The number of rotatable bonds is 0. The van der Waals surface area contributed by atoms with E-state index in [1.54, 1.807) is 0 Å². The van der Waals surface area contributed by atoms with Gasteiger partial charge in [-0.25, -0.2) is 0 Å². The van der Waals surface area contributed by atoms with Crippen LogP contribution in [-0.4, -0.2) is 0 Å². The second-order valence-electron chi connectivity index (χ2n) is 3.44. The highest BCUT2D eigenvalue weighted by Gasteiger charge is 2.19. The number of anilines is 1. The third-order valence-corrected chi connectivity index (χ3v) is 2.56. The van der Waals surface area contributed by atoms with Crippen LogP contribution in [0.2, 0.25) is 0 Å². The molecule has 0 saturated carbocycles. The van der Waals surface area contributed by atoms with Gasteiger partial charge in [0.15, 0.2) is 0 Å². The van der Waals surface area contributed by atoms with Crippen LogP contribution in [0, 0.1) is 6.42 Å². The van der Waals surface area contributed by atoms with Crippen molar-refractivity contribution in [3.8, 4) is 11.1 Å². The maximum absolute atomic E-state index is 5.95. The molecule has 0 fully saturated rings. The summed E-state index contributed by atoms with van der Waals surface area (Å²) in [5, 5.41) is 0. The van der Waals surface area contributed by atoms with Gasteiger partial charge in [0, 0.05) is 11.3 Å². The van der Waals surface area contributed by atoms with Crippen LogP contribution < -0.4 is 5.73 Å². The molecule has 2 aromatic rings. The number of benzene rings is 2. The topological polar surface area (TPSA) is 26.0 Å². The molecule has 0 saturated heterocycles. The van der Waals surface area contributed by atoms with E-state index in [4.69, 9.17) is 5.73 Å². The first-order chi connectivity index (χ1) is 6.86. The lowest BCUT2D eigenvalue weighted by Crippen LogP contribution is -1.89. The van der Waals surface area contributed by atoms with Crippen LogP contribution in [0.5, 0.6) is 0 Å². The van der Waals surface area contributed by atoms with Crippen molar-refractivity contribution in [2.24, 2.45) is 0 Å². The fourth-order valence-corrected chi connectivity index (χ4v) is 1.93. The Balaban J connectivity index is 2.35. The van der Waals surface area contributed by atoms with Gasteiger partial charge in [0.25, 0.3) is 0 Å². The molecule has 1 aliphatic rings. The van der Waals surface area contributed by atoms with E-state index in [1.165, 1.54) is 5.56 Å². The van der Waals surface area contributed by atoms with E-state index in [-0.39, 0.29) is 0 Å². The van der Waals surface area contributed by atoms with E-state index in [1.807, 2.05) is 30.3 Å². The average molecular weight is 179 g/mol. The summed E-state index contributed by atoms with van der Waals surface area (Å²) in [7, 11) is 0. The number of hydrogen-bond acceptors (Lipinski definition) is 1. The predicted octanol–water partition coefficient (Wildman–Crippen LogP) is 2.73. The van der Waals surface area contributed by atoms with Crippen LogP contribution in [0.1, 0.15) is 11.1 Å². The Bertz CT molecular complexity index is 500. The summed E-state index contributed by atoms with van der Waals surface area (Å²) in [5.41, 5.74) is 11.3. The van der Waals surface area contributed by atoms with Crippen molar-refractivity contribution in [1.82, 2.24) is 0 Å². The van der Waals surface area contributed by atoms with Crippen molar-refractivity contribution in [2.75, 3.05) is 5.73 Å². The van der Waals surface area contributed by atoms with Crippen molar-refractivity contribution in [3.63, 3.8) is 0 Å². The summed E-state index contributed by atoms with van der Waals surface area (Å²) < 4.78 is 0. The van der Waals surface area contributed by atoms with Crippen LogP contribution in [0.4, 0.5) is 5.69 Å². The van der Waals surface area contributed by atoms with Crippen molar-refractivity contribution in [2.45, 2.75) is 0 Å². The fraction of sp³-hybridized carbons (Fsp3) is 0. The molecule has 0 unspecified atom stereocenters. The van der Waals surface area contributed by atoms with Crippen molar-refractivity contribution in [3.05, 3.63) is 60.0 Å². The zero-order chi connectivity index (χ0) is 9.54. The Morgan fingerprint density at radius 2 is 1.64 bits per heavy atom.